The third-order valence-electron chi connectivity index (χ3n) is 2.15. The lowest BCUT2D eigenvalue weighted by Crippen LogP contribution is -2.17. The Morgan fingerprint density at radius 1 is 1.70 bits per heavy atom. The third kappa shape index (κ3) is 0.688. The summed E-state index contributed by atoms with van der Waals surface area (Å²) in [5.74, 6) is 0. The van der Waals surface area contributed by atoms with Crippen LogP contribution in [0.4, 0.5) is 0 Å². The molecule has 1 saturated heterocycles. The van der Waals surface area contributed by atoms with Crippen molar-refractivity contribution in [1.29, 1.82) is 5.26 Å². The Bertz CT molecular complexity index is 213. The molecule has 0 aromatic rings. The van der Waals surface area contributed by atoms with Gasteiger partial charge in [-0.05, 0) is 12.8 Å². The Morgan fingerprint density at radius 3 is 3.30 bits per heavy atom. The Hall–Kier alpha value is -1.04. The van der Waals surface area contributed by atoms with E-state index in [2.05, 4.69) is 16.2 Å². The van der Waals surface area contributed by atoms with E-state index in [0.717, 1.165) is 13.0 Å². The molecule has 0 aromatic heterocycles. The molecular formula is C7H9N3. The van der Waals surface area contributed by atoms with Crippen LogP contribution in [-0.4, -0.2) is 23.3 Å². The molecule has 2 rings (SSSR count). The van der Waals surface area contributed by atoms with E-state index in [1.165, 1.54) is 12.8 Å². The number of fused-ring (bicyclic) bond motifs is 1. The van der Waals surface area contributed by atoms with E-state index in [0.29, 0.717) is 11.8 Å². The number of hydrazone groups is 1. The summed E-state index contributed by atoms with van der Waals surface area (Å²) in [6.07, 6.45) is 3.35. The second-order valence-corrected chi connectivity index (χ2v) is 2.82. The second-order valence-electron chi connectivity index (χ2n) is 2.82. The van der Waals surface area contributed by atoms with E-state index in [9.17, 15) is 0 Å². The summed E-state index contributed by atoms with van der Waals surface area (Å²) in [7, 11) is 0. The molecule has 0 spiro atoms. The molecule has 3 heteroatoms. The minimum absolute atomic E-state index is 0.564. The van der Waals surface area contributed by atoms with Gasteiger partial charge in [0.25, 0.3) is 0 Å². The van der Waals surface area contributed by atoms with Crippen LogP contribution in [0.15, 0.2) is 5.10 Å². The van der Waals surface area contributed by atoms with Gasteiger partial charge in [0.1, 0.15) is 11.8 Å². The molecule has 0 radical (unpaired) electrons. The summed E-state index contributed by atoms with van der Waals surface area (Å²) < 4.78 is 0. The summed E-state index contributed by atoms with van der Waals surface area (Å²) in [6, 6.07) is 2.67. The van der Waals surface area contributed by atoms with Gasteiger partial charge in [-0.1, -0.05) is 0 Å². The van der Waals surface area contributed by atoms with Crippen molar-refractivity contribution in [3.8, 4) is 6.07 Å². The first-order chi connectivity index (χ1) is 4.90. The highest BCUT2D eigenvalue weighted by Gasteiger charge is 2.30. The maximum absolute atomic E-state index is 8.51. The van der Waals surface area contributed by atoms with Gasteiger partial charge < -0.3 is 0 Å². The van der Waals surface area contributed by atoms with Crippen LogP contribution in [0, 0.1) is 11.3 Å². The van der Waals surface area contributed by atoms with Gasteiger partial charge >= 0.3 is 0 Å². The van der Waals surface area contributed by atoms with E-state index in [1.54, 1.807) is 0 Å². The number of rotatable bonds is 0. The largest absolute Gasteiger partial charge is 0.293 e. The molecular weight excluding hydrogens is 126 g/mol. The highest BCUT2D eigenvalue weighted by Crippen LogP contribution is 2.25. The average Bonchev–Trinajstić information content (AvgIpc) is 2.42. The van der Waals surface area contributed by atoms with Crippen LogP contribution in [0.1, 0.15) is 19.3 Å². The minimum Gasteiger partial charge on any atom is -0.293 e. The quantitative estimate of drug-likeness (QED) is 0.491. The van der Waals surface area contributed by atoms with Crippen molar-refractivity contribution in [2.45, 2.75) is 25.3 Å². The number of hydrogen-bond donors (Lipinski definition) is 0. The zero-order chi connectivity index (χ0) is 6.97. The molecule has 2 aliphatic heterocycles. The van der Waals surface area contributed by atoms with Crippen LogP contribution in [0.25, 0.3) is 0 Å². The molecule has 0 N–H and O–H groups in total. The van der Waals surface area contributed by atoms with Gasteiger partial charge in [0, 0.05) is 13.0 Å². The molecule has 0 bridgehead atoms. The predicted octanol–water partition coefficient (Wildman–Crippen LogP) is 0.734. The van der Waals surface area contributed by atoms with Crippen LogP contribution in [0.3, 0.4) is 0 Å². The summed E-state index contributed by atoms with van der Waals surface area (Å²) in [5.41, 5.74) is 0.713. The first kappa shape index (κ1) is 5.72. The standard InChI is InChI=1S/C7H9N3/c8-5-6-4-7-2-1-3-10(7)9-6/h7H,1-4H2. The maximum Gasteiger partial charge on any atom is 0.139 e. The Morgan fingerprint density at radius 2 is 2.60 bits per heavy atom. The molecule has 0 aromatic carbocycles. The van der Waals surface area contributed by atoms with E-state index < -0.39 is 0 Å². The van der Waals surface area contributed by atoms with Crippen molar-refractivity contribution in [2.75, 3.05) is 6.54 Å². The fourth-order valence-electron chi connectivity index (χ4n) is 1.65. The molecule has 1 fully saturated rings. The van der Waals surface area contributed by atoms with Crippen LogP contribution < -0.4 is 0 Å². The lowest BCUT2D eigenvalue weighted by atomic mass is 10.1. The molecule has 10 heavy (non-hydrogen) atoms. The van der Waals surface area contributed by atoms with Gasteiger partial charge in [0.05, 0.1) is 6.04 Å². The van der Waals surface area contributed by atoms with Crippen molar-refractivity contribution < 1.29 is 0 Å². The van der Waals surface area contributed by atoms with E-state index in [1.807, 2.05) is 0 Å². The smallest absolute Gasteiger partial charge is 0.139 e. The van der Waals surface area contributed by atoms with Gasteiger partial charge in [-0.2, -0.15) is 10.4 Å². The molecule has 1 unspecified atom stereocenters. The van der Waals surface area contributed by atoms with Crippen molar-refractivity contribution in [1.82, 2.24) is 5.01 Å². The molecule has 3 nitrogen and oxygen atoms in total. The fourth-order valence-corrected chi connectivity index (χ4v) is 1.65. The number of hydrogen-bond acceptors (Lipinski definition) is 3. The Balaban J connectivity index is 2.15. The first-order valence-corrected chi connectivity index (χ1v) is 3.64. The third-order valence-corrected chi connectivity index (χ3v) is 2.15. The molecule has 1 atom stereocenters. The normalized spacial score (nSPS) is 29.7. The van der Waals surface area contributed by atoms with Crippen LogP contribution in [0.5, 0.6) is 0 Å². The van der Waals surface area contributed by atoms with Gasteiger partial charge in [0.15, 0.2) is 0 Å². The van der Waals surface area contributed by atoms with Gasteiger partial charge in [-0.3, -0.25) is 5.01 Å². The molecule has 2 heterocycles. The Labute approximate surface area is 59.9 Å². The van der Waals surface area contributed by atoms with E-state index in [4.69, 9.17) is 5.26 Å². The fraction of sp³-hybridized carbons (Fsp3) is 0.714. The van der Waals surface area contributed by atoms with Crippen LogP contribution in [-0.2, 0) is 0 Å². The monoisotopic (exact) mass is 135 g/mol. The van der Waals surface area contributed by atoms with Gasteiger partial charge in [-0.25, -0.2) is 0 Å². The second kappa shape index (κ2) is 1.98. The molecule has 0 saturated carbocycles. The summed E-state index contributed by atoms with van der Waals surface area (Å²) in [6.45, 7) is 1.05. The van der Waals surface area contributed by atoms with Crippen molar-refractivity contribution in [3.05, 3.63) is 0 Å². The molecule has 2 aliphatic rings. The van der Waals surface area contributed by atoms with E-state index >= 15 is 0 Å². The van der Waals surface area contributed by atoms with Gasteiger partial charge in [0.2, 0.25) is 0 Å². The SMILES string of the molecule is N#CC1=NN2CCCC2C1. The predicted molar refractivity (Wildman–Crippen MR) is 37.4 cm³/mol. The summed E-state index contributed by atoms with van der Waals surface area (Å²) in [4.78, 5) is 0. The van der Waals surface area contributed by atoms with Crippen molar-refractivity contribution in [2.24, 2.45) is 5.10 Å². The minimum atomic E-state index is 0.564. The van der Waals surface area contributed by atoms with Crippen LogP contribution >= 0.6 is 0 Å². The molecule has 0 amide bonds. The Kier molecular flexibility index (Phi) is 1.13. The summed E-state index contributed by atoms with van der Waals surface area (Å²) >= 11 is 0. The topological polar surface area (TPSA) is 39.4 Å². The molecule has 52 valence electrons. The molecule has 0 aliphatic carbocycles. The maximum atomic E-state index is 8.51. The van der Waals surface area contributed by atoms with Crippen molar-refractivity contribution in [3.63, 3.8) is 0 Å². The zero-order valence-corrected chi connectivity index (χ0v) is 5.75. The number of nitrogens with zero attached hydrogens (tertiary/aromatic N) is 3. The first-order valence-electron chi connectivity index (χ1n) is 3.64. The van der Waals surface area contributed by atoms with Gasteiger partial charge in [-0.15, -0.1) is 0 Å². The summed E-state index contributed by atoms with van der Waals surface area (Å²) in [5, 5.41) is 14.7. The lowest BCUT2D eigenvalue weighted by molar-refractivity contribution is 0.298. The van der Waals surface area contributed by atoms with Crippen LogP contribution in [0.2, 0.25) is 0 Å². The zero-order valence-electron chi connectivity index (χ0n) is 5.75. The number of nitriles is 1. The highest BCUT2D eigenvalue weighted by atomic mass is 15.5. The highest BCUT2D eigenvalue weighted by molar-refractivity contribution is 5.99. The lowest BCUT2D eigenvalue weighted by Gasteiger charge is -2.11. The van der Waals surface area contributed by atoms with Crippen molar-refractivity contribution >= 4 is 5.71 Å². The van der Waals surface area contributed by atoms with E-state index in [-0.39, 0.29) is 0 Å². The average molecular weight is 135 g/mol.